The first-order valence-electron chi connectivity index (χ1n) is 6.71. The van der Waals surface area contributed by atoms with Crippen molar-refractivity contribution in [3.05, 3.63) is 53.9 Å². The number of amides is 1. The first kappa shape index (κ1) is 14.3. The first-order chi connectivity index (χ1) is 9.61. The number of carbonyl (C=O) groups excluding carboxylic acids is 1. The molecule has 0 fully saturated rings. The van der Waals surface area contributed by atoms with E-state index in [1.165, 1.54) is 0 Å². The number of aromatic nitrogens is 2. The van der Waals surface area contributed by atoms with Gasteiger partial charge >= 0.3 is 0 Å². The van der Waals surface area contributed by atoms with E-state index in [1.54, 1.807) is 24.1 Å². The minimum absolute atomic E-state index is 0.0218. The summed E-state index contributed by atoms with van der Waals surface area (Å²) in [4.78, 5) is 12.2. The van der Waals surface area contributed by atoms with Crippen molar-refractivity contribution < 1.29 is 4.79 Å². The zero-order valence-corrected chi connectivity index (χ0v) is 11.8. The minimum atomic E-state index is -0.693. The summed E-state index contributed by atoms with van der Waals surface area (Å²) in [6, 6.07) is 9.18. The SMILES string of the molecule is CCC(NC(=O)C(N)c1cnn(C)c1)c1ccccc1. The van der Waals surface area contributed by atoms with Gasteiger partial charge < -0.3 is 11.1 Å². The Hall–Kier alpha value is -2.14. The predicted octanol–water partition coefficient (Wildman–Crippen LogP) is 1.69. The van der Waals surface area contributed by atoms with Crippen LogP contribution in [0.1, 0.15) is 36.6 Å². The van der Waals surface area contributed by atoms with Crippen LogP contribution in [0.15, 0.2) is 42.7 Å². The summed E-state index contributed by atoms with van der Waals surface area (Å²) in [7, 11) is 1.80. The molecular weight excluding hydrogens is 252 g/mol. The maximum absolute atomic E-state index is 12.2. The topological polar surface area (TPSA) is 72.9 Å². The van der Waals surface area contributed by atoms with Crippen molar-refractivity contribution in [2.75, 3.05) is 0 Å². The zero-order valence-electron chi connectivity index (χ0n) is 11.8. The molecule has 5 heteroatoms. The highest BCUT2D eigenvalue weighted by molar-refractivity contribution is 5.83. The van der Waals surface area contributed by atoms with Gasteiger partial charge in [0.15, 0.2) is 0 Å². The van der Waals surface area contributed by atoms with Gasteiger partial charge in [-0.15, -0.1) is 0 Å². The predicted molar refractivity (Wildman–Crippen MR) is 77.8 cm³/mol. The zero-order chi connectivity index (χ0) is 14.5. The van der Waals surface area contributed by atoms with Crippen LogP contribution in [0.4, 0.5) is 0 Å². The molecule has 2 atom stereocenters. The summed E-state index contributed by atoms with van der Waals surface area (Å²) in [5.74, 6) is -0.186. The van der Waals surface area contributed by atoms with Crippen LogP contribution in [-0.4, -0.2) is 15.7 Å². The lowest BCUT2D eigenvalue weighted by Gasteiger charge is -2.19. The molecule has 1 aromatic carbocycles. The molecule has 0 saturated heterocycles. The maximum Gasteiger partial charge on any atom is 0.242 e. The Morgan fingerprint density at radius 1 is 1.35 bits per heavy atom. The van der Waals surface area contributed by atoms with Gasteiger partial charge in [0.1, 0.15) is 6.04 Å². The largest absolute Gasteiger partial charge is 0.348 e. The van der Waals surface area contributed by atoms with Crippen molar-refractivity contribution in [1.29, 1.82) is 0 Å². The van der Waals surface area contributed by atoms with E-state index in [9.17, 15) is 4.79 Å². The second-order valence-electron chi connectivity index (χ2n) is 4.81. The molecule has 20 heavy (non-hydrogen) atoms. The molecule has 1 amide bonds. The molecule has 0 bridgehead atoms. The summed E-state index contributed by atoms with van der Waals surface area (Å²) in [6.45, 7) is 2.04. The maximum atomic E-state index is 12.2. The monoisotopic (exact) mass is 272 g/mol. The quantitative estimate of drug-likeness (QED) is 0.870. The van der Waals surface area contributed by atoms with Crippen molar-refractivity contribution >= 4 is 5.91 Å². The van der Waals surface area contributed by atoms with Gasteiger partial charge in [-0.1, -0.05) is 37.3 Å². The molecule has 0 radical (unpaired) electrons. The summed E-state index contributed by atoms with van der Waals surface area (Å²) in [5.41, 5.74) is 7.77. The Labute approximate surface area is 118 Å². The molecular formula is C15H20N4O. The van der Waals surface area contributed by atoms with Crippen molar-refractivity contribution in [3.8, 4) is 0 Å². The molecule has 2 rings (SSSR count). The Bertz CT molecular complexity index is 564. The van der Waals surface area contributed by atoms with Crippen LogP contribution < -0.4 is 11.1 Å². The molecule has 106 valence electrons. The smallest absolute Gasteiger partial charge is 0.242 e. The summed E-state index contributed by atoms with van der Waals surface area (Å²) in [6.07, 6.45) is 4.19. The van der Waals surface area contributed by atoms with Gasteiger partial charge in [-0.3, -0.25) is 9.48 Å². The van der Waals surface area contributed by atoms with E-state index < -0.39 is 6.04 Å². The summed E-state index contributed by atoms with van der Waals surface area (Å²) in [5, 5.41) is 7.02. The van der Waals surface area contributed by atoms with Crippen molar-refractivity contribution in [1.82, 2.24) is 15.1 Å². The van der Waals surface area contributed by atoms with Crippen molar-refractivity contribution in [3.63, 3.8) is 0 Å². The summed E-state index contributed by atoms with van der Waals surface area (Å²) >= 11 is 0. The lowest BCUT2D eigenvalue weighted by Crippen LogP contribution is -2.36. The molecule has 1 heterocycles. The fourth-order valence-electron chi connectivity index (χ4n) is 2.12. The highest BCUT2D eigenvalue weighted by atomic mass is 16.2. The number of hydrogen-bond acceptors (Lipinski definition) is 3. The van der Waals surface area contributed by atoms with E-state index in [0.29, 0.717) is 5.56 Å². The molecule has 0 spiro atoms. The average Bonchev–Trinajstić information content (AvgIpc) is 2.91. The number of aryl methyl sites for hydroxylation is 1. The van der Waals surface area contributed by atoms with Crippen LogP contribution in [0.25, 0.3) is 0 Å². The first-order valence-corrected chi connectivity index (χ1v) is 6.71. The van der Waals surface area contributed by atoms with Crippen LogP contribution in [0.5, 0.6) is 0 Å². The number of nitrogens with two attached hydrogens (primary N) is 1. The van der Waals surface area contributed by atoms with Crippen molar-refractivity contribution in [2.45, 2.75) is 25.4 Å². The van der Waals surface area contributed by atoms with E-state index in [-0.39, 0.29) is 11.9 Å². The second kappa shape index (κ2) is 6.34. The van der Waals surface area contributed by atoms with E-state index in [1.807, 2.05) is 37.3 Å². The average molecular weight is 272 g/mol. The van der Waals surface area contributed by atoms with Gasteiger partial charge in [0.05, 0.1) is 12.2 Å². The lowest BCUT2D eigenvalue weighted by atomic mass is 10.0. The van der Waals surface area contributed by atoms with Crippen LogP contribution in [0, 0.1) is 0 Å². The number of hydrogen-bond donors (Lipinski definition) is 2. The minimum Gasteiger partial charge on any atom is -0.348 e. The fraction of sp³-hybridized carbons (Fsp3) is 0.333. The van der Waals surface area contributed by atoms with E-state index in [0.717, 1.165) is 12.0 Å². The van der Waals surface area contributed by atoms with E-state index >= 15 is 0 Å². The molecule has 2 aromatic rings. The van der Waals surface area contributed by atoms with E-state index in [4.69, 9.17) is 5.73 Å². The van der Waals surface area contributed by atoms with Crippen LogP contribution in [-0.2, 0) is 11.8 Å². The van der Waals surface area contributed by atoms with Gasteiger partial charge in [-0.05, 0) is 12.0 Å². The van der Waals surface area contributed by atoms with Gasteiger partial charge in [0.25, 0.3) is 0 Å². The van der Waals surface area contributed by atoms with Crippen LogP contribution >= 0.6 is 0 Å². The number of carbonyl (C=O) groups is 1. The highest BCUT2D eigenvalue weighted by Crippen LogP contribution is 2.18. The number of nitrogens with one attached hydrogen (secondary N) is 1. The normalized spacial score (nSPS) is 13.8. The van der Waals surface area contributed by atoms with Gasteiger partial charge in [-0.25, -0.2) is 0 Å². The molecule has 3 N–H and O–H groups in total. The third-order valence-corrected chi connectivity index (χ3v) is 3.29. The third kappa shape index (κ3) is 3.24. The van der Waals surface area contributed by atoms with E-state index in [2.05, 4.69) is 10.4 Å². The molecule has 0 aliphatic rings. The molecule has 5 nitrogen and oxygen atoms in total. The lowest BCUT2D eigenvalue weighted by molar-refractivity contribution is -0.123. The van der Waals surface area contributed by atoms with Crippen molar-refractivity contribution in [2.24, 2.45) is 12.8 Å². The number of benzene rings is 1. The second-order valence-corrected chi connectivity index (χ2v) is 4.81. The van der Waals surface area contributed by atoms with Crippen LogP contribution in [0.3, 0.4) is 0 Å². The Kier molecular flexibility index (Phi) is 4.53. The Morgan fingerprint density at radius 2 is 2.05 bits per heavy atom. The van der Waals surface area contributed by atoms with Crippen LogP contribution in [0.2, 0.25) is 0 Å². The Balaban J connectivity index is 2.06. The Morgan fingerprint density at radius 3 is 2.60 bits per heavy atom. The number of nitrogens with zero attached hydrogens (tertiary/aromatic N) is 2. The summed E-state index contributed by atoms with van der Waals surface area (Å²) < 4.78 is 1.64. The molecule has 0 saturated carbocycles. The number of rotatable bonds is 5. The molecule has 0 aliphatic carbocycles. The molecule has 2 unspecified atom stereocenters. The standard InChI is InChI=1S/C15H20N4O/c1-3-13(11-7-5-4-6-8-11)18-15(20)14(16)12-9-17-19(2)10-12/h4-10,13-14H,3,16H2,1-2H3,(H,18,20). The van der Waals surface area contributed by atoms with Gasteiger partial charge in [0, 0.05) is 18.8 Å². The highest BCUT2D eigenvalue weighted by Gasteiger charge is 2.20. The van der Waals surface area contributed by atoms with Gasteiger partial charge in [0.2, 0.25) is 5.91 Å². The molecule has 1 aromatic heterocycles. The molecule has 0 aliphatic heterocycles. The third-order valence-electron chi connectivity index (χ3n) is 3.29. The fourth-order valence-corrected chi connectivity index (χ4v) is 2.12. The van der Waals surface area contributed by atoms with Gasteiger partial charge in [-0.2, -0.15) is 5.10 Å².